The lowest BCUT2D eigenvalue weighted by Gasteiger charge is -2.07. The quantitative estimate of drug-likeness (QED) is 0.392. The van der Waals surface area contributed by atoms with Crippen molar-refractivity contribution in [1.82, 2.24) is 9.78 Å². The number of aryl methyl sites for hydroxylation is 4. The molecule has 0 fully saturated rings. The second-order valence-corrected chi connectivity index (χ2v) is 7.74. The molecule has 156 valence electrons. The van der Waals surface area contributed by atoms with Crippen LogP contribution in [0.3, 0.4) is 0 Å². The van der Waals surface area contributed by atoms with Gasteiger partial charge in [0.15, 0.2) is 11.4 Å². The van der Waals surface area contributed by atoms with Gasteiger partial charge in [-0.05, 0) is 62.6 Å². The van der Waals surface area contributed by atoms with E-state index in [1.54, 1.807) is 13.0 Å². The van der Waals surface area contributed by atoms with E-state index in [0.717, 1.165) is 27.9 Å². The number of aromatic nitrogens is 2. The molecule has 0 amide bonds. The van der Waals surface area contributed by atoms with E-state index < -0.39 is 0 Å². The molecule has 3 aromatic carbocycles. The van der Waals surface area contributed by atoms with Crippen LogP contribution in [0.2, 0.25) is 0 Å². The zero-order chi connectivity index (χ0) is 22.1. The van der Waals surface area contributed by atoms with Gasteiger partial charge in [0.25, 0.3) is 5.56 Å². The number of aromatic amines is 1. The van der Waals surface area contributed by atoms with E-state index in [-0.39, 0.29) is 17.0 Å². The molecule has 0 bridgehead atoms. The molecule has 0 unspecified atom stereocenters. The molecule has 0 saturated heterocycles. The summed E-state index contributed by atoms with van der Waals surface area (Å²) in [4.78, 5) is 12.9. The van der Waals surface area contributed by atoms with E-state index in [2.05, 4.69) is 15.3 Å². The number of nitrogens with one attached hydrogen (secondary N) is 1. The smallest absolute Gasteiger partial charge is 0.299 e. The van der Waals surface area contributed by atoms with Gasteiger partial charge < -0.3 is 5.11 Å². The number of nitrogens with zero attached hydrogens (tertiary/aromatic N) is 3. The van der Waals surface area contributed by atoms with Gasteiger partial charge in [0.05, 0.1) is 11.4 Å². The Bertz CT molecular complexity index is 1360. The highest BCUT2D eigenvalue weighted by Crippen LogP contribution is 2.38. The zero-order valence-corrected chi connectivity index (χ0v) is 18.0. The summed E-state index contributed by atoms with van der Waals surface area (Å²) in [5.74, 6) is 0.0273. The van der Waals surface area contributed by atoms with Crippen LogP contribution < -0.4 is 5.56 Å². The standard InChI is InChI=1S/C25H24N4O2/c1-15-7-5-8-19(13-15)21-9-6-10-22(24(21)30)26-27-23-18(4)28-29(25(23)31)20-12-11-16(2)17(3)14-20/h5-14,28,30H,1-4H3. The summed E-state index contributed by atoms with van der Waals surface area (Å²) in [6, 6.07) is 19.0. The number of H-pyrrole nitrogens is 1. The first kappa shape index (κ1) is 20.3. The Morgan fingerprint density at radius 1 is 0.871 bits per heavy atom. The van der Waals surface area contributed by atoms with Crippen molar-refractivity contribution in [2.45, 2.75) is 27.7 Å². The van der Waals surface area contributed by atoms with Gasteiger partial charge in [-0.3, -0.25) is 9.89 Å². The predicted molar refractivity (Wildman–Crippen MR) is 123 cm³/mol. The van der Waals surface area contributed by atoms with E-state index in [9.17, 15) is 9.90 Å². The van der Waals surface area contributed by atoms with Crippen molar-refractivity contribution < 1.29 is 5.11 Å². The molecule has 0 aliphatic carbocycles. The fourth-order valence-corrected chi connectivity index (χ4v) is 3.46. The minimum absolute atomic E-state index is 0.0273. The van der Waals surface area contributed by atoms with Gasteiger partial charge in [0.2, 0.25) is 0 Å². The Balaban J connectivity index is 1.71. The molecule has 0 aliphatic heterocycles. The molecule has 0 atom stereocenters. The number of benzene rings is 3. The van der Waals surface area contributed by atoms with Gasteiger partial charge in [-0.2, -0.15) is 0 Å². The number of hydrogen-bond donors (Lipinski definition) is 2. The Morgan fingerprint density at radius 2 is 1.65 bits per heavy atom. The van der Waals surface area contributed by atoms with Gasteiger partial charge >= 0.3 is 0 Å². The topological polar surface area (TPSA) is 82.7 Å². The number of phenols is 1. The first-order valence-corrected chi connectivity index (χ1v) is 10.0. The van der Waals surface area contributed by atoms with E-state index in [4.69, 9.17) is 0 Å². The van der Waals surface area contributed by atoms with Crippen molar-refractivity contribution >= 4 is 11.4 Å². The second kappa shape index (κ2) is 8.07. The predicted octanol–water partition coefficient (Wildman–Crippen LogP) is 6.19. The fourth-order valence-electron chi connectivity index (χ4n) is 3.46. The number of azo groups is 1. The molecule has 31 heavy (non-hydrogen) atoms. The molecule has 6 nitrogen and oxygen atoms in total. The average molecular weight is 412 g/mol. The fraction of sp³-hybridized carbons (Fsp3) is 0.160. The Labute approximate surface area is 180 Å². The maximum Gasteiger partial charge on any atom is 0.299 e. The van der Waals surface area contributed by atoms with Gasteiger partial charge in [-0.25, -0.2) is 4.68 Å². The SMILES string of the molecule is Cc1cccc(-c2cccc(N=Nc3c(C)[nH]n(-c4ccc(C)c(C)c4)c3=O)c2O)c1. The maximum absolute atomic E-state index is 12.9. The summed E-state index contributed by atoms with van der Waals surface area (Å²) in [6.07, 6.45) is 0. The van der Waals surface area contributed by atoms with Crippen LogP contribution >= 0.6 is 0 Å². The number of rotatable bonds is 4. The average Bonchev–Trinajstić information content (AvgIpc) is 3.03. The number of phenolic OH excluding ortho intramolecular Hbond substituents is 1. The summed E-state index contributed by atoms with van der Waals surface area (Å²) in [6.45, 7) is 7.80. The number of hydrogen-bond acceptors (Lipinski definition) is 4. The molecule has 0 radical (unpaired) electrons. The van der Waals surface area contributed by atoms with E-state index in [1.165, 1.54) is 4.68 Å². The second-order valence-electron chi connectivity index (χ2n) is 7.74. The summed E-state index contributed by atoms with van der Waals surface area (Å²) in [5, 5.41) is 22.2. The van der Waals surface area contributed by atoms with Crippen LogP contribution in [0.4, 0.5) is 11.4 Å². The van der Waals surface area contributed by atoms with Crippen LogP contribution in [-0.4, -0.2) is 14.9 Å². The Morgan fingerprint density at radius 3 is 2.39 bits per heavy atom. The molecular formula is C25H24N4O2. The molecule has 1 aromatic heterocycles. The van der Waals surface area contributed by atoms with Crippen LogP contribution in [0.15, 0.2) is 75.7 Å². The van der Waals surface area contributed by atoms with Crippen LogP contribution in [0.1, 0.15) is 22.4 Å². The summed E-state index contributed by atoms with van der Waals surface area (Å²) in [7, 11) is 0. The number of para-hydroxylation sites is 1. The van der Waals surface area contributed by atoms with Gasteiger partial charge in [-0.15, -0.1) is 10.2 Å². The summed E-state index contributed by atoms with van der Waals surface area (Å²) < 4.78 is 1.46. The molecule has 2 N–H and O–H groups in total. The maximum atomic E-state index is 12.9. The zero-order valence-electron chi connectivity index (χ0n) is 18.0. The van der Waals surface area contributed by atoms with Crippen LogP contribution in [0, 0.1) is 27.7 Å². The minimum atomic E-state index is -0.293. The van der Waals surface area contributed by atoms with E-state index in [0.29, 0.717) is 16.9 Å². The number of aromatic hydroxyl groups is 1. The van der Waals surface area contributed by atoms with Crippen molar-refractivity contribution in [3.8, 4) is 22.6 Å². The van der Waals surface area contributed by atoms with Crippen molar-refractivity contribution in [1.29, 1.82) is 0 Å². The molecule has 0 saturated carbocycles. The highest BCUT2D eigenvalue weighted by Gasteiger charge is 2.14. The molecule has 0 spiro atoms. The normalized spacial score (nSPS) is 11.4. The summed E-state index contributed by atoms with van der Waals surface area (Å²) >= 11 is 0. The first-order valence-electron chi connectivity index (χ1n) is 10.0. The third-order valence-electron chi connectivity index (χ3n) is 5.39. The van der Waals surface area contributed by atoms with Crippen molar-refractivity contribution in [3.05, 3.63) is 93.4 Å². The lowest BCUT2D eigenvalue weighted by molar-refractivity contribution is 0.478. The van der Waals surface area contributed by atoms with Gasteiger partial charge in [0.1, 0.15) is 5.69 Å². The first-order chi connectivity index (χ1) is 14.8. The van der Waals surface area contributed by atoms with Crippen LogP contribution in [0.5, 0.6) is 5.75 Å². The summed E-state index contributed by atoms with van der Waals surface area (Å²) in [5.41, 5.74) is 6.46. The molecular weight excluding hydrogens is 388 g/mol. The van der Waals surface area contributed by atoms with Gasteiger partial charge in [-0.1, -0.05) is 48.0 Å². The monoisotopic (exact) mass is 412 g/mol. The molecule has 6 heteroatoms. The van der Waals surface area contributed by atoms with Crippen molar-refractivity contribution in [3.63, 3.8) is 0 Å². The van der Waals surface area contributed by atoms with E-state index in [1.807, 2.05) is 75.4 Å². The highest BCUT2D eigenvalue weighted by atomic mass is 16.3. The Hall–Kier alpha value is -3.93. The Kier molecular flexibility index (Phi) is 5.29. The van der Waals surface area contributed by atoms with Crippen molar-refractivity contribution in [2.75, 3.05) is 0 Å². The van der Waals surface area contributed by atoms with E-state index >= 15 is 0 Å². The van der Waals surface area contributed by atoms with Gasteiger partial charge in [0, 0.05) is 5.56 Å². The molecule has 4 rings (SSSR count). The lowest BCUT2D eigenvalue weighted by atomic mass is 10.0. The molecule has 4 aromatic rings. The molecule has 0 aliphatic rings. The molecule has 1 heterocycles. The van der Waals surface area contributed by atoms with Crippen LogP contribution in [-0.2, 0) is 0 Å². The lowest BCUT2D eigenvalue weighted by Crippen LogP contribution is -2.14. The third-order valence-corrected chi connectivity index (χ3v) is 5.39. The largest absolute Gasteiger partial charge is 0.505 e. The van der Waals surface area contributed by atoms with Crippen LogP contribution in [0.25, 0.3) is 16.8 Å². The minimum Gasteiger partial charge on any atom is -0.505 e. The van der Waals surface area contributed by atoms with Crippen molar-refractivity contribution in [2.24, 2.45) is 10.2 Å². The third kappa shape index (κ3) is 3.92. The highest BCUT2D eigenvalue weighted by molar-refractivity contribution is 5.76.